The Kier molecular flexibility index (Phi) is 8.89. The van der Waals surface area contributed by atoms with Crippen molar-refractivity contribution in [2.75, 3.05) is 20.2 Å². The summed E-state index contributed by atoms with van der Waals surface area (Å²) < 4.78 is 52.1. The van der Waals surface area contributed by atoms with Crippen molar-refractivity contribution >= 4 is 38.6 Å². The van der Waals surface area contributed by atoms with E-state index < -0.39 is 57.0 Å². The van der Waals surface area contributed by atoms with Crippen molar-refractivity contribution < 1.29 is 36.3 Å². The predicted octanol–water partition coefficient (Wildman–Crippen LogP) is 3.26. The van der Waals surface area contributed by atoms with E-state index in [4.69, 9.17) is 9.15 Å². The number of rotatable bonds is 9. The first-order valence-corrected chi connectivity index (χ1v) is 14.4. The third-order valence-electron chi connectivity index (χ3n) is 6.67. The number of carbonyl (C=O) groups is 3. The highest BCUT2D eigenvalue weighted by atomic mass is 32.2. The Balaban J connectivity index is 1.46. The molecule has 1 aliphatic heterocycles. The molecule has 1 saturated heterocycles. The first kappa shape index (κ1) is 29.2. The van der Waals surface area contributed by atoms with Crippen molar-refractivity contribution in [2.45, 2.75) is 50.1 Å². The number of hydrogen-bond acceptors (Lipinski definition) is 7. The number of nitrogens with zero attached hydrogens (tertiary/aromatic N) is 1. The topological polar surface area (TPSA) is 135 Å². The van der Waals surface area contributed by atoms with E-state index in [2.05, 4.69) is 10.6 Å². The van der Waals surface area contributed by atoms with Gasteiger partial charge in [0.1, 0.15) is 16.8 Å². The second-order valence-corrected chi connectivity index (χ2v) is 12.0. The average Bonchev–Trinajstić information content (AvgIpc) is 3.27. The lowest BCUT2D eigenvalue weighted by atomic mass is 10.0. The van der Waals surface area contributed by atoms with Crippen LogP contribution in [0.25, 0.3) is 11.0 Å². The summed E-state index contributed by atoms with van der Waals surface area (Å²) in [4.78, 5) is 38.9. The number of fused-ring (bicyclic) bond motifs is 1. The quantitative estimate of drug-likeness (QED) is 0.401. The number of sulfonamides is 1. The SMILES string of the molecule is COc1cccc2cc(C(=O)NC(CC(C)C)C(=O)NC3CCCN(S(=O)(=O)c4ccccc4F)CC3=O)oc12. The number of halogens is 1. The number of benzene rings is 2. The zero-order chi connectivity index (χ0) is 29.0. The number of amides is 2. The van der Waals surface area contributed by atoms with Crippen molar-refractivity contribution in [1.29, 1.82) is 0 Å². The second kappa shape index (κ2) is 12.2. The molecule has 2 N–H and O–H groups in total. The van der Waals surface area contributed by atoms with Crippen LogP contribution in [0, 0.1) is 11.7 Å². The van der Waals surface area contributed by atoms with Crippen molar-refractivity contribution in [3.63, 3.8) is 0 Å². The van der Waals surface area contributed by atoms with Crippen LogP contribution >= 0.6 is 0 Å². The van der Waals surface area contributed by atoms with Crippen LogP contribution < -0.4 is 15.4 Å². The number of para-hydroxylation sites is 1. The third-order valence-corrected chi connectivity index (χ3v) is 8.55. The molecule has 0 bridgehead atoms. The van der Waals surface area contributed by atoms with E-state index in [-0.39, 0.29) is 37.5 Å². The molecule has 2 amide bonds. The number of nitrogens with one attached hydrogen (secondary N) is 2. The summed E-state index contributed by atoms with van der Waals surface area (Å²) in [7, 11) is -2.76. The average molecular weight is 574 g/mol. The maximum atomic E-state index is 14.2. The van der Waals surface area contributed by atoms with Crippen molar-refractivity contribution in [1.82, 2.24) is 14.9 Å². The molecular formula is C28H32FN3O7S. The van der Waals surface area contributed by atoms with E-state index in [0.29, 0.717) is 16.7 Å². The number of furan rings is 1. The maximum Gasteiger partial charge on any atom is 0.287 e. The van der Waals surface area contributed by atoms with Crippen molar-refractivity contribution in [3.05, 3.63) is 60.1 Å². The molecule has 3 aromatic rings. The number of ketones is 1. The highest BCUT2D eigenvalue weighted by molar-refractivity contribution is 7.89. The molecule has 2 aromatic carbocycles. The fourth-order valence-corrected chi connectivity index (χ4v) is 6.17. The summed E-state index contributed by atoms with van der Waals surface area (Å²) in [6.07, 6.45) is 0.752. The maximum absolute atomic E-state index is 14.2. The summed E-state index contributed by atoms with van der Waals surface area (Å²) in [5, 5.41) is 6.05. The molecule has 214 valence electrons. The number of carbonyl (C=O) groups excluding carboxylic acids is 3. The Bertz CT molecular complexity index is 1520. The molecule has 4 rings (SSSR count). The molecule has 12 heteroatoms. The summed E-state index contributed by atoms with van der Waals surface area (Å²) in [6, 6.07) is 9.83. The standard InChI is InChI=1S/C28H32FN3O7S/c1-17(2)14-21(31-28(35)24-15-18-8-6-11-23(38-3)26(18)39-24)27(34)30-20-10-7-13-32(16-22(20)33)40(36,37)25-12-5-4-9-19(25)29/h4-6,8-9,11-12,15,17,20-21H,7,10,13-14,16H2,1-3H3,(H,30,34)(H,31,35). The van der Waals surface area contributed by atoms with Crippen LogP contribution in [0.15, 0.2) is 57.8 Å². The number of hydrogen-bond donors (Lipinski definition) is 2. The molecule has 40 heavy (non-hydrogen) atoms. The molecule has 1 aromatic heterocycles. The van der Waals surface area contributed by atoms with Gasteiger partial charge in [0.15, 0.2) is 22.9 Å². The van der Waals surface area contributed by atoms with Gasteiger partial charge in [-0.2, -0.15) is 4.31 Å². The lowest BCUT2D eigenvalue weighted by Gasteiger charge is -2.23. The molecule has 2 atom stereocenters. The number of ether oxygens (including phenoxy) is 1. The van der Waals surface area contributed by atoms with Crippen LogP contribution in [0.5, 0.6) is 5.75 Å². The van der Waals surface area contributed by atoms with E-state index in [1.165, 1.54) is 19.2 Å². The Morgan fingerprint density at radius 1 is 1.18 bits per heavy atom. The van der Waals surface area contributed by atoms with Gasteiger partial charge in [0.05, 0.1) is 19.7 Å². The van der Waals surface area contributed by atoms with Gasteiger partial charge in [-0.1, -0.05) is 38.1 Å². The molecule has 2 unspecified atom stereocenters. The first-order valence-electron chi connectivity index (χ1n) is 13.0. The van der Waals surface area contributed by atoms with E-state index >= 15 is 0 Å². The fraction of sp³-hybridized carbons (Fsp3) is 0.393. The minimum Gasteiger partial charge on any atom is -0.493 e. The van der Waals surface area contributed by atoms with Crippen molar-refractivity contribution in [3.8, 4) is 5.75 Å². The summed E-state index contributed by atoms with van der Waals surface area (Å²) >= 11 is 0. The monoisotopic (exact) mass is 573 g/mol. The van der Waals surface area contributed by atoms with Crippen LogP contribution in [0.1, 0.15) is 43.7 Å². The fourth-order valence-electron chi connectivity index (χ4n) is 4.66. The predicted molar refractivity (Wildman–Crippen MR) is 145 cm³/mol. The molecule has 0 radical (unpaired) electrons. The molecule has 1 aliphatic rings. The zero-order valence-electron chi connectivity index (χ0n) is 22.5. The molecule has 0 spiro atoms. The lowest BCUT2D eigenvalue weighted by molar-refractivity contribution is -0.129. The van der Waals surface area contributed by atoms with Crippen LogP contribution in [0.2, 0.25) is 0 Å². The summed E-state index contributed by atoms with van der Waals surface area (Å²) in [5.74, 6) is -2.11. The van der Waals surface area contributed by atoms with Gasteiger partial charge in [-0.25, -0.2) is 12.8 Å². The molecule has 0 aliphatic carbocycles. The Morgan fingerprint density at radius 3 is 2.62 bits per heavy atom. The minimum absolute atomic E-state index is 0.000548. The third kappa shape index (κ3) is 6.34. The second-order valence-electron chi connectivity index (χ2n) is 10.1. The molecule has 2 heterocycles. The number of Topliss-reactive ketones (excluding diaryl/α,β-unsaturated/α-hetero) is 1. The van der Waals surface area contributed by atoms with Gasteiger partial charge < -0.3 is 19.8 Å². The summed E-state index contributed by atoms with van der Waals surface area (Å²) in [5.41, 5.74) is 0.402. The van der Waals surface area contributed by atoms with E-state index in [9.17, 15) is 27.2 Å². The minimum atomic E-state index is -4.25. The van der Waals surface area contributed by atoms with Gasteiger partial charge in [0, 0.05) is 11.9 Å². The van der Waals surface area contributed by atoms with E-state index in [1.54, 1.807) is 24.3 Å². The lowest BCUT2D eigenvalue weighted by Crippen LogP contribution is -2.52. The molecule has 10 nitrogen and oxygen atoms in total. The largest absolute Gasteiger partial charge is 0.493 e. The number of methoxy groups -OCH3 is 1. The van der Waals surface area contributed by atoms with Gasteiger partial charge in [0.2, 0.25) is 15.9 Å². The smallest absolute Gasteiger partial charge is 0.287 e. The van der Waals surface area contributed by atoms with Gasteiger partial charge in [-0.15, -0.1) is 0 Å². The van der Waals surface area contributed by atoms with Gasteiger partial charge in [-0.05, 0) is 49.4 Å². The van der Waals surface area contributed by atoms with Gasteiger partial charge in [0.25, 0.3) is 5.91 Å². The first-order chi connectivity index (χ1) is 19.0. The zero-order valence-corrected chi connectivity index (χ0v) is 23.3. The van der Waals surface area contributed by atoms with E-state index in [0.717, 1.165) is 16.4 Å². The summed E-state index contributed by atoms with van der Waals surface area (Å²) in [6.45, 7) is 3.27. The van der Waals surface area contributed by atoms with Crippen LogP contribution in [-0.4, -0.2) is 62.6 Å². The van der Waals surface area contributed by atoms with Gasteiger partial charge >= 0.3 is 0 Å². The van der Waals surface area contributed by atoms with Crippen molar-refractivity contribution in [2.24, 2.45) is 5.92 Å². The Hall–Kier alpha value is -3.77. The van der Waals surface area contributed by atoms with Crippen LogP contribution in [-0.2, 0) is 19.6 Å². The van der Waals surface area contributed by atoms with E-state index in [1.807, 2.05) is 13.8 Å². The normalized spacial score (nSPS) is 17.4. The highest BCUT2D eigenvalue weighted by Gasteiger charge is 2.35. The van der Waals surface area contributed by atoms with Gasteiger partial charge in [-0.3, -0.25) is 14.4 Å². The molecule has 1 fully saturated rings. The van der Waals surface area contributed by atoms with Crippen LogP contribution in [0.4, 0.5) is 4.39 Å². The molecular weight excluding hydrogens is 541 g/mol. The Morgan fingerprint density at radius 2 is 1.93 bits per heavy atom. The highest BCUT2D eigenvalue weighted by Crippen LogP contribution is 2.28. The molecule has 0 saturated carbocycles. The van der Waals surface area contributed by atoms with Crippen LogP contribution in [0.3, 0.4) is 0 Å². The Labute approximate surface area is 231 Å².